The standard InChI is InChI=1S/C14H17FO3/c1-17-12-3-2-4-13(12)18-14(16)9-10-5-7-11(15)8-6-10/h5-8,12-13H,2-4,9H2,1H3/t12-,13-/m1/s1. The Morgan fingerprint density at radius 3 is 2.61 bits per heavy atom. The molecule has 0 N–H and O–H groups in total. The van der Waals surface area contributed by atoms with Crippen LogP contribution in [0.2, 0.25) is 0 Å². The van der Waals surface area contributed by atoms with Gasteiger partial charge in [0.1, 0.15) is 11.9 Å². The lowest BCUT2D eigenvalue weighted by molar-refractivity contribution is -0.153. The Morgan fingerprint density at radius 2 is 1.94 bits per heavy atom. The number of benzene rings is 1. The summed E-state index contributed by atoms with van der Waals surface area (Å²) in [7, 11) is 1.64. The molecule has 1 aliphatic rings. The fraction of sp³-hybridized carbons (Fsp3) is 0.500. The number of carbonyl (C=O) groups is 1. The molecule has 0 amide bonds. The van der Waals surface area contributed by atoms with Gasteiger partial charge in [0.05, 0.1) is 12.5 Å². The van der Waals surface area contributed by atoms with Crippen molar-refractivity contribution in [2.75, 3.05) is 7.11 Å². The minimum atomic E-state index is -0.303. The van der Waals surface area contributed by atoms with Crippen LogP contribution < -0.4 is 0 Å². The quantitative estimate of drug-likeness (QED) is 0.772. The summed E-state index contributed by atoms with van der Waals surface area (Å²) in [4.78, 5) is 11.7. The summed E-state index contributed by atoms with van der Waals surface area (Å²) in [6.07, 6.45) is 2.86. The zero-order valence-corrected chi connectivity index (χ0v) is 10.4. The van der Waals surface area contributed by atoms with Gasteiger partial charge in [0, 0.05) is 7.11 Å². The summed E-state index contributed by atoms with van der Waals surface area (Å²) in [6, 6.07) is 5.88. The molecule has 1 aromatic rings. The Kier molecular flexibility index (Phi) is 4.31. The first-order valence-electron chi connectivity index (χ1n) is 6.16. The van der Waals surface area contributed by atoms with Crippen molar-refractivity contribution >= 4 is 5.97 Å². The number of ether oxygens (including phenoxy) is 2. The first-order valence-corrected chi connectivity index (χ1v) is 6.16. The summed E-state index contributed by atoms with van der Waals surface area (Å²) in [5, 5.41) is 0. The van der Waals surface area contributed by atoms with Crippen LogP contribution in [0.3, 0.4) is 0 Å². The molecule has 0 spiro atoms. The second-order valence-electron chi connectivity index (χ2n) is 4.54. The van der Waals surface area contributed by atoms with Gasteiger partial charge in [0.25, 0.3) is 0 Å². The van der Waals surface area contributed by atoms with Crippen molar-refractivity contribution in [3.63, 3.8) is 0 Å². The normalized spacial score (nSPS) is 23.0. The Morgan fingerprint density at radius 1 is 1.28 bits per heavy atom. The maximum atomic E-state index is 12.7. The second kappa shape index (κ2) is 5.96. The summed E-state index contributed by atoms with van der Waals surface area (Å²) in [5.41, 5.74) is 0.758. The predicted octanol–water partition coefficient (Wildman–Crippen LogP) is 2.48. The molecule has 1 aromatic carbocycles. The molecule has 0 unspecified atom stereocenters. The molecule has 98 valence electrons. The zero-order chi connectivity index (χ0) is 13.0. The van der Waals surface area contributed by atoms with Crippen LogP contribution in [0.25, 0.3) is 0 Å². The van der Waals surface area contributed by atoms with E-state index < -0.39 is 0 Å². The second-order valence-corrected chi connectivity index (χ2v) is 4.54. The van der Waals surface area contributed by atoms with E-state index in [0.29, 0.717) is 0 Å². The topological polar surface area (TPSA) is 35.5 Å². The van der Waals surface area contributed by atoms with Crippen LogP contribution in [0.5, 0.6) is 0 Å². The molecule has 0 radical (unpaired) electrons. The Balaban J connectivity index is 1.86. The molecular formula is C14H17FO3. The highest BCUT2D eigenvalue weighted by Gasteiger charge is 2.30. The SMILES string of the molecule is CO[C@@H]1CCC[C@H]1OC(=O)Cc1ccc(F)cc1. The fourth-order valence-electron chi connectivity index (χ4n) is 2.28. The van der Waals surface area contributed by atoms with Crippen molar-refractivity contribution < 1.29 is 18.7 Å². The van der Waals surface area contributed by atoms with Crippen LogP contribution in [0.4, 0.5) is 4.39 Å². The van der Waals surface area contributed by atoms with Crippen LogP contribution in [-0.4, -0.2) is 25.3 Å². The molecule has 0 bridgehead atoms. The summed E-state index contributed by atoms with van der Waals surface area (Å²) < 4.78 is 23.4. The van der Waals surface area contributed by atoms with Crippen LogP contribution in [-0.2, 0) is 20.7 Å². The van der Waals surface area contributed by atoms with Crippen molar-refractivity contribution in [1.29, 1.82) is 0 Å². The Bertz CT molecular complexity index is 402. The molecule has 0 aromatic heterocycles. The first-order chi connectivity index (χ1) is 8.69. The molecule has 4 heteroatoms. The highest BCUT2D eigenvalue weighted by molar-refractivity contribution is 5.72. The lowest BCUT2D eigenvalue weighted by Crippen LogP contribution is -2.28. The molecule has 0 saturated heterocycles. The number of hydrogen-bond donors (Lipinski definition) is 0. The molecule has 2 rings (SSSR count). The van der Waals surface area contributed by atoms with Gasteiger partial charge >= 0.3 is 5.97 Å². The van der Waals surface area contributed by atoms with Crippen LogP contribution in [0.15, 0.2) is 24.3 Å². The van der Waals surface area contributed by atoms with E-state index >= 15 is 0 Å². The van der Waals surface area contributed by atoms with Crippen molar-refractivity contribution in [3.8, 4) is 0 Å². The van der Waals surface area contributed by atoms with Gasteiger partial charge in [-0.1, -0.05) is 12.1 Å². The lowest BCUT2D eigenvalue weighted by atomic mass is 10.1. The average molecular weight is 252 g/mol. The van der Waals surface area contributed by atoms with Gasteiger partial charge in [-0.25, -0.2) is 4.39 Å². The van der Waals surface area contributed by atoms with E-state index in [0.717, 1.165) is 24.8 Å². The molecule has 18 heavy (non-hydrogen) atoms. The molecular weight excluding hydrogens is 235 g/mol. The number of hydrogen-bond acceptors (Lipinski definition) is 3. The van der Waals surface area contributed by atoms with Gasteiger partial charge in [0.15, 0.2) is 0 Å². The van der Waals surface area contributed by atoms with Gasteiger partial charge in [-0.15, -0.1) is 0 Å². The van der Waals surface area contributed by atoms with E-state index in [1.807, 2.05) is 0 Å². The zero-order valence-electron chi connectivity index (χ0n) is 10.4. The number of carbonyl (C=O) groups excluding carboxylic acids is 1. The third-order valence-electron chi connectivity index (χ3n) is 3.24. The third-order valence-corrected chi connectivity index (χ3v) is 3.24. The van der Waals surface area contributed by atoms with Gasteiger partial charge in [-0.2, -0.15) is 0 Å². The molecule has 0 heterocycles. The summed E-state index contributed by atoms with van der Waals surface area (Å²) in [5.74, 6) is -0.585. The van der Waals surface area contributed by atoms with Crippen LogP contribution in [0.1, 0.15) is 24.8 Å². The third kappa shape index (κ3) is 3.29. The Hall–Kier alpha value is -1.42. The summed E-state index contributed by atoms with van der Waals surface area (Å²) in [6.45, 7) is 0. The van der Waals surface area contributed by atoms with E-state index in [2.05, 4.69) is 0 Å². The largest absolute Gasteiger partial charge is 0.459 e. The minimum Gasteiger partial charge on any atom is -0.459 e. The van der Waals surface area contributed by atoms with Crippen LogP contribution >= 0.6 is 0 Å². The van der Waals surface area contributed by atoms with Gasteiger partial charge < -0.3 is 9.47 Å². The molecule has 3 nitrogen and oxygen atoms in total. The van der Waals surface area contributed by atoms with Crippen molar-refractivity contribution in [2.45, 2.75) is 37.9 Å². The van der Waals surface area contributed by atoms with Crippen molar-refractivity contribution in [1.82, 2.24) is 0 Å². The predicted molar refractivity (Wildman–Crippen MR) is 64.6 cm³/mol. The Labute approximate surface area is 106 Å². The molecule has 0 aliphatic heterocycles. The average Bonchev–Trinajstić information content (AvgIpc) is 2.79. The number of rotatable bonds is 4. The highest BCUT2D eigenvalue weighted by atomic mass is 19.1. The van der Waals surface area contributed by atoms with E-state index in [4.69, 9.17) is 9.47 Å². The highest BCUT2D eigenvalue weighted by Crippen LogP contribution is 2.24. The van der Waals surface area contributed by atoms with Gasteiger partial charge in [-0.05, 0) is 37.0 Å². The molecule has 1 aliphatic carbocycles. The van der Waals surface area contributed by atoms with E-state index in [9.17, 15) is 9.18 Å². The smallest absolute Gasteiger partial charge is 0.310 e. The van der Waals surface area contributed by atoms with E-state index in [-0.39, 0.29) is 30.4 Å². The fourth-order valence-corrected chi connectivity index (χ4v) is 2.28. The van der Waals surface area contributed by atoms with Crippen molar-refractivity contribution in [2.24, 2.45) is 0 Å². The first kappa shape index (κ1) is 13.0. The lowest BCUT2D eigenvalue weighted by Gasteiger charge is -2.18. The minimum absolute atomic E-state index is 0.0159. The number of esters is 1. The van der Waals surface area contributed by atoms with Crippen LogP contribution in [0, 0.1) is 5.82 Å². The van der Waals surface area contributed by atoms with Gasteiger partial charge in [0.2, 0.25) is 0 Å². The molecule has 2 atom stereocenters. The van der Waals surface area contributed by atoms with E-state index in [1.165, 1.54) is 12.1 Å². The molecule has 1 saturated carbocycles. The monoisotopic (exact) mass is 252 g/mol. The maximum Gasteiger partial charge on any atom is 0.310 e. The summed E-state index contributed by atoms with van der Waals surface area (Å²) >= 11 is 0. The maximum absolute atomic E-state index is 12.7. The van der Waals surface area contributed by atoms with Gasteiger partial charge in [-0.3, -0.25) is 4.79 Å². The number of halogens is 1. The number of methoxy groups -OCH3 is 1. The van der Waals surface area contributed by atoms with E-state index in [1.54, 1.807) is 19.2 Å². The molecule has 1 fully saturated rings. The van der Waals surface area contributed by atoms with Crippen molar-refractivity contribution in [3.05, 3.63) is 35.6 Å².